The third kappa shape index (κ3) is 1.69. The Hall–Kier alpha value is -0.370. The third-order valence-electron chi connectivity index (χ3n) is 2.83. The van der Waals surface area contributed by atoms with Gasteiger partial charge in [0.05, 0.1) is 0 Å². The number of halogens is 1. The quantitative estimate of drug-likeness (QED) is 0.673. The maximum atomic E-state index is 8.12. The second-order valence-electron chi connectivity index (χ2n) is 3.95. The van der Waals surface area contributed by atoms with Crippen molar-refractivity contribution in [3.05, 3.63) is 0 Å². The van der Waals surface area contributed by atoms with Crippen LogP contribution in [0.1, 0.15) is 26.2 Å². The summed E-state index contributed by atoms with van der Waals surface area (Å²) in [5.74, 6) is 0. The van der Waals surface area contributed by atoms with Crippen molar-refractivity contribution in [1.29, 1.82) is 0 Å². The van der Waals surface area contributed by atoms with Crippen LogP contribution in [-0.4, -0.2) is 18.7 Å². The molecule has 0 atom stereocenters. The van der Waals surface area contributed by atoms with Crippen molar-refractivity contribution >= 4 is 18.6 Å². The monoisotopic (exact) mass is 191 g/mol. The lowest BCUT2D eigenvalue weighted by Gasteiger charge is -2.69. The first kappa shape index (κ1) is 11.6. The van der Waals surface area contributed by atoms with Crippen LogP contribution in [0.25, 0.3) is 0 Å². The molecule has 0 saturated heterocycles. The van der Waals surface area contributed by atoms with Crippen LogP contribution < -0.4 is 5.32 Å². The predicted octanol–water partition coefficient (Wildman–Crippen LogP) is 0.987. The lowest BCUT2D eigenvalue weighted by atomic mass is 9.40. The minimum atomic E-state index is 0. The first-order valence-electron chi connectivity index (χ1n) is 3.78. The summed E-state index contributed by atoms with van der Waals surface area (Å²) in [4.78, 5) is 16.2. The number of rotatable bonds is 1. The average Bonchev–Trinajstić information content (AvgIpc) is 1.81. The van der Waals surface area contributed by atoms with E-state index in [4.69, 9.17) is 9.59 Å². The Balaban J connectivity index is 0.000000272. The molecule has 0 aromatic rings. The van der Waals surface area contributed by atoms with Gasteiger partial charge in [0.15, 0.2) is 0 Å². The summed E-state index contributed by atoms with van der Waals surface area (Å²) in [6.45, 7) is 2.38. The van der Waals surface area contributed by atoms with E-state index < -0.39 is 0 Å². The minimum Gasteiger partial charge on any atom is -0.314 e. The maximum absolute atomic E-state index is 8.12. The molecule has 3 aliphatic rings. The zero-order chi connectivity index (χ0) is 8.54. The Morgan fingerprint density at radius 3 is 1.67 bits per heavy atom. The molecule has 0 heterocycles. The van der Waals surface area contributed by atoms with E-state index >= 15 is 0 Å². The first-order valence-corrected chi connectivity index (χ1v) is 3.78. The Kier molecular flexibility index (Phi) is 3.45. The van der Waals surface area contributed by atoms with E-state index in [-0.39, 0.29) is 18.6 Å². The number of nitrogens with one attached hydrogen (secondary N) is 1. The summed E-state index contributed by atoms with van der Waals surface area (Å²) in [7, 11) is 2.08. The van der Waals surface area contributed by atoms with E-state index in [1.165, 1.54) is 19.3 Å². The van der Waals surface area contributed by atoms with Crippen LogP contribution in [0.3, 0.4) is 0 Å². The summed E-state index contributed by atoms with van der Waals surface area (Å²) < 4.78 is 0. The van der Waals surface area contributed by atoms with Gasteiger partial charge >= 0.3 is 6.15 Å². The van der Waals surface area contributed by atoms with Crippen molar-refractivity contribution in [2.45, 2.75) is 31.7 Å². The molecule has 3 fully saturated rings. The van der Waals surface area contributed by atoms with Gasteiger partial charge in [-0.15, -0.1) is 12.4 Å². The summed E-state index contributed by atoms with van der Waals surface area (Å²) >= 11 is 0. The fourth-order valence-electron chi connectivity index (χ4n) is 2.56. The minimum absolute atomic E-state index is 0. The van der Waals surface area contributed by atoms with Gasteiger partial charge in [-0.25, -0.2) is 0 Å². The van der Waals surface area contributed by atoms with Crippen LogP contribution in [0.15, 0.2) is 0 Å². The molecule has 0 amide bonds. The molecule has 0 radical (unpaired) electrons. The highest BCUT2D eigenvalue weighted by Crippen LogP contribution is 2.66. The van der Waals surface area contributed by atoms with Crippen LogP contribution in [0.2, 0.25) is 0 Å². The maximum Gasteiger partial charge on any atom is 0.373 e. The van der Waals surface area contributed by atoms with E-state index in [0.717, 1.165) is 5.41 Å². The molecule has 1 N–H and O–H groups in total. The fraction of sp³-hybridized carbons (Fsp3) is 0.875. The third-order valence-corrected chi connectivity index (χ3v) is 2.83. The fourth-order valence-corrected chi connectivity index (χ4v) is 2.56. The molecule has 12 heavy (non-hydrogen) atoms. The molecule has 3 aliphatic carbocycles. The number of hydrogen-bond donors (Lipinski definition) is 1. The summed E-state index contributed by atoms with van der Waals surface area (Å²) in [6.07, 6.45) is 4.53. The Bertz CT molecular complexity index is 179. The van der Waals surface area contributed by atoms with Gasteiger partial charge in [-0.3, -0.25) is 0 Å². The topological polar surface area (TPSA) is 46.2 Å². The van der Waals surface area contributed by atoms with Crippen molar-refractivity contribution < 1.29 is 9.59 Å². The smallest absolute Gasteiger partial charge is 0.314 e. The van der Waals surface area contributed by atoms with E-state index in [9.17, 15) is 0 Å². The Labute approximate surface area is 78.3 Å². The molecule has 4 heteroatoms. The molecule has 3 rings (SSSR count). The van der Waals surface area contributed by atoms with Crippen molar-refractivity contribution in [2.75, 3.05) is 7.05 Å². The lowest BCUT2D eigenvalue weighted by Crippen LogP contribution is -2.71. The van der Waals surface area contributed by atoms with Gasteiger partial charge in [0, 0.05) is 5.54 Å². The van der Waals surface area contributed by atoms with Crippen molar-refractivity contribution in [2.24, 2.45) is 5.41 Å². The van der Waals surface area contributed by atoms with E-state index in [2.05, 4.69) is 19.3 Å². The van der Waals surface area contributed by atoms with Crippen LogP contribution in [-0.2, 0) is 9.59 Å². The van der Waals surface area contributed by atoms with Gasteiger partial charge in [0.1, 0.15) is 0 Å². The highest BCUT2D eigenvalue weighted by Gasteiger charge is 2.63. The second kappa shape index (κ2) is 3.56. The molecule has 3 saturated carbocycles. The van der Waals surface area contributed by atoms with Crippen LogP contribution in [0, 0.1) is 5.41 Å². The van der Waals surface area contributed by atoms with Gasteiger partial charge in [0.25, 0.3) is 0 Å². The Morgan fingerprint density at radius 2 is 1.58 bits per heavy atom. The number of carbonyl (C=O) groups excluding carboxylic acids is 2. The predicted molar refractivity (Wildman–Crippen MR) is 46.0 cm³/mol. The van der Waals surface area contributed by atoms with E-state index in [0.29, 0.717) is 5.54 Å². The van der Waals surface area contributed by atoms with E-state index in [1.807, 2.05) is 0 Å². The van der Waals surface area contributed by atoms with Crippen LogP contribution in [0.4, 0.5) is 0 Å². The molecular weight excluding hydrogens is 178 g/mol. The largest absolute Gasteiger partial charge is 0.373 e. The summed E-state index contributed by atoms with van der Waals surface area (Å²) in [5, 5.41) is 3.37. The molecule has 0 aromatic carbocycles. The summed E-state index contributed by atoms with van der Waals surface area (Å²) in [6, 6.07) is 0. The average molecular weight is 192 g/mol. The molecule has 0 aliphatic heterocycles. The van der Waals surface area contributed by atoms with Crippen molar-refractivity contribution in [3.8, 4) is 0 Å². The first-order chi connectivity index (χ1) is 5.10. The summed E-state index contributed by atoms with van der Waals surface area (Å²) in [5.41, 5.74) is 1.39. The van der Waals surface area contributed by atoms with Gasteiger partial charge in [-0.1, -0.05) is 6.92 Å². The SMILES string of the molecule is CNC12CC(C)(C1)C2.Cl.O=C=O. The van der Waals surface area contributed by atoms with E-state index in [1.54, 1.807) is 0 Å². The number of hydrogen-bond acceptors (Lipinski definition) is 3. The van der Waals surface area contributed by atoms with Crippen molar-refractivity contribution in [3.63, 3.8) is 0 Å². The molecule has 0 unspecified atom stereocenters. The highest BCUT2D eigenvalue weighted by molar-refractivity contribution is 5.85. The molecule has 70 valence electrons. The zero-order valence-electron chi connectivity index (χ0n) is 7.35. The van der Waals surface area contributed by atoms with Gasteiger partial charge < -0.3 is 5.32 Å². The molecule has 0 spiro atoms. The highest BCUT2D eigenvalue weighted by atomic mass is 35.5. The van der Waals surface area contributed by atoms with Crippen LogP contribution in [0.5, 0.6) is 0 Å². The standard InChI is InChI=1S/C7H13N.CO2.ClH/c1-6-3-7(4-6,5-6)8-2;2-1-3;/h8H,3-5H2,1-2H3;;1H. The van der Waals surface area contributed by atoms with Crippen LogP contribution >= 0.6 is 12.4 Å². The molecule has 3 nitrogen and oxygen atoms in total. The zero-order valence-corrected chi connectivity index (χ0v) is 8.16. The van der Waals surface area contributed by atoms with Gasteiger partial charge in [-0.05, 0) is 31.7 Å². The molecule has 0 aromatic heterocycles. The second-order valence-corrected chi connectivity index (χ2v) is 3.95. The molecule has 2 bridgehead atoms. The lowest BCUT2D eigenvalue weighted by molar-refractivity contribution is -0.191. The van der Waals surface area contributed by atoms with Crippen molar-refractivity contribution in [1.82, 2.24) is 5.32 Å². The molecular formula is C8H14ClNO2. The van der Waals surface area contributed by atoms with Gasteiger partial charge in [-0.2, -0.15) is 9.59 Å². The Morgan fingerprint density at radius 1 is 1.25 bits per heavy atom. The normalized spacial score (nSPS) is 40.2. The van der Waals surface area contributed by atoms with Gasteiger partial charge in [0.2, 0.25) is 0 Å².